The van der Waals surface area contributed by atoms with Gasteiger partial charge in [-0.05, 0) is 44.0 Å². The molecule has 1 aromatic rings. The van der Waals surface area contributed by atoms with E-state index in [0.29, 0.717) is 18.6 Å². The number of rotatable bonds is 8. The number of ether oxygens (including phenoxy) is 2. The molecule has 1 unspecified atom stereocenters. The predicted molar refractivity (Wildman–Crippen MR) is 108 cm³/mol. The molecule has 0 saturated heterocycles. The summed E-state index contributed by atoms with van der Waals surface area (Å²) < 4.78 is 37.0. The molecule has 1 aliphatic carbocycles. The number of nitrogens with one attached hydrogen (secondary N) is 1. The van der Waals surface area contributed by atoms with Crippen molar-refractivity contribution in [3.63, 3.8) is 0 Å². The second kappa shape index (κ2) is 9.91. The standard InChI is InChI=1S/C20H27N3O6S/c1-15(22-30(26,27)17-9-7-16(28-3)8-10-17)19(25)29-13-18(24)23(2)20(14-21)11-5-4-6-12-20/h7-10,15,22H,4-6,11-13H2,1-3H3. The van der Waals surface area contributed by atoms with Crippen molar-refractivity contribution in [3.05, 3.63) is 24.3 Å². The maximum absolute atomic E-state index is 12.4. The van der Waals surface area contributed by atoms with Gasteiger partial charge in [-0.15, -0.1) is 0 Å². The van der Waals surface area contributed by atoms with Crippen LogP contribution in [0.5, 0.6) is 5.75 Å². The van der Waals surface area contributed by atoms with Crippen LogP contribution in [0.2, 0.25) is 0 Å². The number of nitriles is 1. The molecule has 1 N–H and O–H groups in total. The van der Waals surface area contributed by atoms with Crippen LogP contribution >= 0.6 is 0 Å². The van der Waals surface area contributed by atoms with Crippen molar-refractivity contribution in [2.24, 2.45) is 0 Å². The Kier molecular flexibility index (Phi) is 7.81. The molecule has 1 fully saturated rings. The smallest absolute Gasteiger partial charge is 0.324 e. The zero-order valence-corrected chi connectivity index (χ0v) is 18.2. The maximum atomic E-state index is 12.4. The van der Waals surface area contributed by atoms with Gasteiger partial charge >= 0.3 is 5.97 Å². The van der Waals surface area contributed by atoms with E-state index in [0.717, 1.165) is 19.3 Å². The minimum atomic E-state index is -3.96. The molecule has 2 rings (SSSR count). The van der Waals surface area contributed by atoms with E-state index in [2.05, 4.69) is 10.8 Å². The molecule has 0 aromatic heterocycles. The highest BCUT2D eigenvalue weighted by atomic mass is 32.2. The second-order valence-electron chi connectivity index (χ2n) is 7.28. The Bertz CT molecular complexity index is 901. The fourth-order valence-corrected chi connectivity index (χ4v) is 4.55. The summed E-state index contributed by atoms with van der Waals surface area (Å²) in [6.07, 6.45) is 3.89. The van der Waals surface area contributed by atoms with E-state index >= 15 is 0 Å². The van der Waals surface area contributed by atoms with Gasteiger partial charge in [0.25, 0.3) is 5.91 Å². The Morgan fingerprint density at radius 2 is 1.83 bits per heavy atom. The summed E-state index contributed by atoms with van der Waals surface area (Å²) in [5.41, 5.74) is -0.886. The third kappa shape index (κ3) is 5.49. The fourth-order valence-electron chi connectivity index (χ4n) is 3.36. The third-order valence-electron chi connectivity index (χ3n) is 5.30. The average Bonchev–Trinajstić information content (AvgIpc) is 2.76. The van der Waals surface area contributed by atoms with Crippen LogP contribution < -0.4 is 9.46 Å². The molecule has 0 heterocycles. The molecule has 0 bridgehead atoms. The summed E-state index contributed by atoms with van der Waals surface area (Å²) in [5.74, 6) is -0.891. The predicted octanol–water partition coefficient (Wildman–Crippen LogP) is 1.59. The van der Waals surface area contributed by atoms with E-state index in [-0.39, 0.29) is 4.90 Å². The number of carbonyl (C=O) groups excluding carboxylic acids is 2. The van der Waals surface area contributed by atoms with Crippen LogP contribution in [0.15, 0.2) is 29.2 Å². The van der Waals surface area contributed by atoms with Crippen molar-refractivity contribution in [1.29, 1.82) is 5.26 Å². The Labute approximate surface area is 177 Å². The molecule has 0 spiro atoms. The Morgan fingerprint density at radius 3 is 2.37 bits per heavy atom. The molecule has 0 radical (unpaired) electrons. The van der Waals surface area contributed by atoms with Crippen LogP contribution in [0.4, 0.5) is 0 Å². The number of carbonyl (C=O) groups is 2. The monoisotopic (exact) mass is 437 g/mol. The van der Waals surface area contributed by atoms with E-state index in [9.17, 15) is 23.3 Å². The number of nitrogens with zero attached hydrogens (tertiary/aromatic N) is 2. The number of hydrogen-bond donors (Lipinski definition) is 1. The summed E-state index contributed by atoms with van der Waals surface area (Å²) in [6.45, 7) is 0.767. The fraction of sp³-hybridized carbons (Fsp3) is 0.550. The average molecular weight is 438 g/mol. The Morgan fingerprint density at radius 1 is 1.23 bits per heavy atom. The molecular formula is C20H27N3O6S. The molecule has 1 aliphatic rings. The van der Waals surface area contributed by atoms with Crippen LogP contribution in [-0.4, -0.2) is 57.5 Å². The maximum Gasteiger partial charge on any atom is 0.324 e. The van der Waals surface area contributed by atoms with Gasteiger partial charge in [0.2, 0.25) is 10.0 Å². The number of amides is 1. The van der Waals surface area contributed by atoms with Crippen LogP contribution in [0.3, 0.4) is 0 Å². The number of sulfonamides is 1. The van der Waals surface area contributed by atoms with E-state index < -0.39 is 40.1 Å². The molecule has 164 valence electrons. The molecule has 0 aliphatic heterocycles. The van der Waals surface area contributed by atoms with Crippen molar-refractivity contribution >= 4 is 21.9 Å². The van der Waals surface area contributed by atoms with E-state index in [4.69, 9.17) is 9.47 Å². The quantitative estimate of drug-likeness (QED) is 0.612. The first-order chi connectivity index (χ1) is 14.1. The van der Waals surface area contributed by atoms with Gasteiger partial charge < -0.3 is 14.4 Å². The SMILES string of the molecule is COc1ccc(S(=O)(=O)NC(C)C(=O)OCC(=O)N(C)C2(C#N)CCCCC2)cc1. The summed E-state index contributed by atoms with van der Waals surface area (Å²) in [7, 11) is -0.968. The lowest BCUT2D eigenvalue weighted by atomic mass is 9.81. The van der Waals surface area contributed by atoms with Gasteiger partial charge in [-0.1, -0.05) is 19.3 Å². The first kappa shape index (κ1) is 23.6. The summed E-state index contributed by atoms with van der Waals surface area (Å²) >= 11 is 0. The molecule has 1 atom stereocenters. The molecule has 1 amide bonds. The van der Waals surface area contributed by atoms with Crippen molar-refractivity contribution in [1.82, 2.24) is 9.62 Å². The van der Waals surface area contributed by atoms with Gasteiger partial charge in [0.05, 0.1) is 18.1 Å². The Hall–Kier alpha value is -2.64. The van der Waals surface area contributed by atoms with Gasteiger partial charge in [-0.2, -0.15) is 9.98 Å². The first-order valence-electron chi connectivity index (χ1n) is 9.66. The van der Waals surface area contributed by atoms with Crippen LogP contribution in [0, 0.1) is 11.3 Å². The normalized spacial score (nSPS) is 16.7. The minimum Gasteiger partial charge on any atom is -0.497 e. The highest BCUT2D eigenvalue weighted by molar-refractivity contribution is 7.89. The van der Waals surface area contributed by atoms with Crippen molar-refractivity contribution in [3.8, 4) is 11.8 Å². The van der Waals surface area contributed by atoms with Crippen molar-refractivity contribution in [2.45, 2.75) is 55.5 Å². The summed E-state index contributed by atoms with van der Waals surface area (Å²) in [4.78, 5) is 26.0. The number of likely N-dealkylation sites (N-methyl/N-ethyl adjacent to an activating group) is 1. The second-order valence-corrected chi connectivity index (χ2v) is 9.00. The number of esters is 1. The largest absolute Gasteiger partial charge is 0.497 e. The topological polar surface area (TPSA) is 126 Å². The number of hydrogen-bond acceptors (Lipinski definition) is 7. The van der Waals surface area contributed by atoms with E-state index in [1.54, 1.807) is 0 Å². The summed E-state index contributed by atoms with van der Waals surface area (Å²) in [6, 6.07) is 6.71. The number of methoxy groups -OCH3 is 1. The zero-order valence-electron chi connectivity index (χ0n) is 17.4. The zero-order chi connectivity index (χ0) is 22.4. The van der Waals surface area contributed by atoms with Gasteiger partial charge in [-0.3, -0.25) is 9.59 Å². The molecule has 10 heteroatoms. The van der Waals surface area contributed by atoms with Crippen LogP contribution in [-0.2, 0) is 24.3 Å². The van der Waals surface area contributed by atoms with E-state index in [1.807, 2.05) is 0 Å². The number of benzene rings is 1. The lowest BCUT2D eigenvalue weighted by molar-refractivity contribution is -0.154. The van der Waals surface area contributed by atoms with Crippen molar-refractivity contribution < 1.29 is 27.5 Å². The van der Waals surface area contributed by atoms with E-state index in [1.165, 1.54) is 50.2 Å². The van der Waals surface area contributed by atoms with Crippen LogP contribution in [0.25, 0.3) is 0 Å². The first-order valence-corrected chi connectivity index (χ1v) is 11.1. The van der Waals surface area contributed by atoms with Gasteiger partial charge in [0.15, 0.2) is 6.61 Å². The summed E-state index contributed by atoms with van der Waals surface area (Å²) in [5, 5.41) is 9.56. The molecule has 9 nitrogen and oxygen atoms in total. The lowest BCUT2D eigenvalue weighted by Gasteiger charge is -2.38. The van der Waals surface area contributed by atoms with Crippen molar-refractivity contribution in [2.75, 3.05) is 20.8 Å². The molecule has 1 saturated carbocycles. The molecular weight excluding hydrogens is 410 g/mol. The van der Waals surface area contributed by atoms with Gasteiger partial charge in [0, 0.05) is 7.05 Å². The third-order valence-corrected chi connectivity index (χ3v) is 6.85. The minimum absolute atomic E-state index is 0.0352. The van der Waals surface area contributed by atoms with Gasteiger partial charge in [-0.25, -0.2) is 8.42 Å². The highest BCUT2D eigenvalue weighted by Crippen LogP contribution is 2.32. The Balaban J connectivity index is 1.93. The van der Waals surface area contributed by atoms with Crippen LogP contribution in [0.1, 0.15) is 39.0 Å². The highest BCUT2D eigenvalue weighted by Gasteiger charge is 2.39. The lowest BCUT2D eigenvalue weighted by Crippen LogP contribution is -2.51. The molecule has 1 aromatic carbocycles. The molecule has 30 heavy (non-hydrogen) atoms. The van der Waals surface area contributed by atoms with Gasteiger partial charge in [0.1, 0.15) is 17.3 Å².